The predicted octanol–water partition coefficient (Wildman–Crippen LogP) is 2.17. The van der Waals surface area contributed by atoms with Crippen molar-refractivity contribution >= 4 is 11.6 Å². The van der Waals surface area contributed by atoms with Crippen LogP contribution in [0.15, 0.2) is 18.2 Å². The lowest BCUT2D eigenvalue weighted by molar-refractivity contribution is 0.0270. The number of halogens is 2. The molecule has 0 aromatic heterocycles. The number of hydrogen-bond acceptors (Lipinski definition) is 2. The Bertz CT molecular complexity index is 362. The molecular formula is C11H12ClFO2. The van der Waals surface area contributed by atoms with Crippen LogP contribution in [0.25, 0.3) is 0 Å². The third-order valence-electron chi connectivity index (χ3n) is 2.63. The van der Waals surface area contributed by atoms with Crippen molar-refractivity contribution in [2.75, 3.05) is 13.2 Å². The fourth-order valence-corrected chi connectivity index (χ4v) is 1.97. The van der Waals surface area contributed by atoms with E-state index in [-0.39, 0.29) is 5.02 Å². The molecule has 0 amide bonds. The van der Waals surface area contributed by atoms with Crippen LogP contribution < -0.4 is 0 Å². The van der Waals surface area contributed by atoms with Crippen molar-refractivity contribution in [3.05, 3.63) is 34.6 Å². The van der Waals surface area contributed by atoms with E-state index in [4.69, 9.17) is 16.3 Å². The fraction of sp³-hybridized carbons (Fsp3) is 0.455. The monoisotopic (exact) mass is 230 g/mol. The van der Waals surface area contributed by atoms with Gasteiger partial charge in [-0.2, -0.15) is 0 Å². The average molecular weight is 231 g/mol. The third-order valence-corrected chi connectivity index (χ3v) is 3.06. The Kier molecular flexibility index (Phi) is 2.96. The predicted molar refractivity (Wildman–Crippen MR) is 55.5 cm³/mol. The summed E-state index contributed by atoms with van der Waals surface area (Å²) in [7, 11) is 0. The summed E-state index contributed by atoms with van der Waals surface area (Å²) in [5.74, 6) is -0.448. The van der Waals surface area contributed by atoms with Gasteiger partial charge >= 0.3 is 0 Å². The van der Waals surface area contributed by atoms with Crippen molar-refractivity contribution in [3.63, 3.8) is 0 Å². The van der Waals surface area contributed by atoms with Gasteiger partial charge in [-0.1, -0.05) is 23.7 Å². The van der Waals surface area contributed by atoms with Gasteiger partial charge < -0.3 is 9.84 Å². The third kappa shape index (κ3) is 2.30. The summed E-state index contributed by atoms with van der Waals surface area (Å²) in [6.45, 7) is 0.837. The van der Waals surface area contributed by atoms with Gasteiger partial charge in [0.2, 0.25) is 0 Å². The molecule has 2 rings (SSSR count). The van der Waals surface area contributed by atoms with E-state index in [1.54, 1.807) is 12.1 Å². The van der Waals surface area contributed by atoms with Gasteiger partial charge in [-0.3, -0.25) is 0 Å². The molecule has 15 heavy (non-hydrogen) atoms. The van der Waals surface area contributed by atoms with Crippen LogP contribution in [0.5, 0.6) is 0 Å². The van der Waals surface area contributed by atoms with Crippen molar-refractivity contribution < 1.29 is 14.2 Å². The molecule has 1 aromatic carbocycles. The van der Waals surface area contributed by atoms with Crippen molar-refractivity contribution in [1.82, 2.24) is 0 Å². The lowest BCUT2D eigenvalue weighted by Gasteiger charge is -2.20. The summed E-state index contributed by atoms with van der Waals surface area (Å²) < 4.78 is 18.2. The van der Waals surface area contributed by atoms with Gasteiger partial charge in [-0.05, 0) is 11.6 Å². The van der Waals surface area contributed by atoms with Crippen LogP contribution >= 0.6 is 11.6 Å². The standard InChI is InChI=1S/C11H12ClFO2/c12-10-8(2-1-3-9(10)13)6-11(14)4-5-15-7-11/h1-3,14H,4-7H2. The quantitative estimate of drug-likeness (QED) is 0.844. The first-order chi connectivity index (χ1) is 7.11. The second-order valence-electron chi connectivity index (χ2n) is 3.92. The second kappa shape index (κ2) is 4.08. The zero-order chi connectivity index (χ0) is 10.9. The van der Waals surface area contributed by atoms with Crippen LogP contribution in [0.1, 0.15) is 12.0 Å². The van der Waals surface area contributed by atoms with E-state index < -0.39 is 11.4 Å². The smallest absolute Gasteiger partial charge is 0.142 e. The Morgan fingerprint density at radius 3 is 3.00 bits per heavy atom. The molecule has 1 fully saturated rings. The van der Waals surface area contributed by atoms with Crippen molar-refractivity contribution in [3.8, 4) is 0 Å². The summed E-state index contributed by atoms with van der Waals surface area (Å²) in [6, 6.07) is 4.62. The van der Waals surface area contributed by atoms with Gasteiger partial charge in [0.15, 0.2) is 0 Å². The number of aliphatic hydroxyl groups is 1. The van der Waals surface area contributed by atoms with Gasteiger partial charge in [0.25, 0.3) is 0 Å². The summed E-state index contributed by atoms with van der Waals surface area (Å²) in [5, 5.41) is 10.1. The summed E-state index contributed by atoms with van der Waals surface area (Å²) in [4.78, 5) is 0. The molecule has 0 radical (unpaired) electrons. The Morgan fingerprint density at radius 1 is 1.53 bits per heavy atom. The molecule has 1 aliphatic heterocycles. The highest BCUT2D eigenvalue weighted by atomic mass is 35.5. The fourth-order valence-electron chi connectivity index (χ4n) is 1.78. The molecule has 1 saturated heterocycles. The lowest BCUT2D eigenvalue weighted by Crippen LogP contribution is -2.31. The topological polar surface area (TPSA) is 29.5 Å². The van der Waals surface area contributed by atoms with Crippen LogP contribution in [-0.4, -0.2) is 23.9 Å². The van der Waals surface area contributed by atoms with E-state index in [9.17, 15) is 9.50 Å². The number of benzene rings is 1. The highest BCUT2D eigenvalue weighted by Gasteiger charge is 2.33. The molecule has 2 nitrogen and oxygen atoms in total. The van der Waals surface area contributed by atoms with Crippen molar-refractivity contribution in [2.45, 2.75) is 18.4 Å². The van der Waals surface area contributed by atoms with E-state index >= 15 is 0 Å². The molecule has 0 saturated carbocycles. The average Bonchev–Trinajstić information content (AvgIpc) is 2.60. The maximum Gasteiger partial charge on any atom is 0.142 e. The van der Waals surface area contributed by atoms with Gasteiger partial charge in [-0.15, -0.1) is 0 Å². The zero-order valence-corrected chi connectivity index (χ0v) is 8.93. The first-order valence-corrected chi connectivity index (χ1v) is 5.22. The molecule has 0 aliphatic carbocycles. The zero-order valence-electron chi connectivity index (χ0n) is 8.17. The molecule has 1 atom stereocenters. The minimum absolute atomic E-state index is 0.0952. The van der Waals surface area contributed by atoms with Crippen molar-refractivity contribution in [1.29, 1.82) is 0 Å². The largest absolute Gasteiger partial charge is 0.387 e. The molecule has 4 heteroatoms. The van der Waals surface area contributed by atoms with Gasteiger partial charge in [0, 0.05) is 19.4 Å². The normalized spacial score (nSPS) is 25.8. The van der Waals surface area contributed by atoms with E-state index in [0.717, 1.165) is 0 Å². The second-order valence-corrected chi connectivity index (χ2v) is 4.29. The van der Waals surface area contributed by atoms with Crippen LogP contribution in [-0.2, 0) is 11.2 Å². The molecule has 1 aromatic rings. The molecular weight excluding hydrogens is 219 g/mol. The SMILES string of the molecule is OC1(Cc2cccc(F)c2Cl)CCOC1. The minimum atomic E-state index is -0.891. The maximum atomic E-state index is 13.1. The van der Waals surface area contributed by atoms with E-state index in [0.29, 0.717) is 31.6 Å². The van der Waals surface area contributed by atoms with Gasteiger partial charge in [0.1, 0.15) is 5.82 Å². The molecule has 1 unspecified atom stereocenters. The van der Waals surface area contributed by atoms with Gasteiger partial charge in [-0.25, -0.2) is 4.39 Å². The summed E-state index contributed by atoms with van der Waals surface area (Å²) >= 11 is 5.81. The molecule has 82 valence electrons. The Hall–Kier alpha value is -0.640. The Morgan fingerprint density at radius 2 is 2.33 bits per heavy atom. The van der Waals surface area contributed by atoms with Crippen molar-refractivity contribution in [2.24, 2.45) is 0 Å². The van der Waals surface area contributed by atoms with E-state index in [1.165, 1.54) is 6.07 Å². The summed E-state index contributed by atoms with van der Waals surface area (Å²) in [6.07, 6.45) is 0.906. The summed E-state index contributed by atoms with van der Waals surface area (Å²) in [5.41, 5.74) is -0.262. The van der Waals surface area contributed by atoms with E-state index in [1.807, 2.05) is 0 Å². The lowest BCUT2D eigenvalue weighted by atomic mass is 9.94. The molecule has 0 spiro atoms. The Balaban J connectivity index is 2.20. The first-order valence-electron chi connectivity index (χ1n) is 4.84. The van der Waals surface area contributed by atoms with Gasteiger partial charge in [0.05, 0.1) is 17.2 Å². The highest BCUT2D eigenvalue weighted by Crippen LogP contribution is 2.28. The molecule has 1 aliphatic rings. The molecule has 0 bridgehead atoms. The highest BCUT2D eigenvalue weighted by molar-refractivity contribution is 6.31. The number of rotatable bonds is 2. The first kappa shape index (κ1) is 10.9. The number of ether oxygens (including phenoxy) is 1. The molecule has 1 heterocycles. The number of hydrogen-bond donors (Lipinski definition) is 1. The van der Waals surface area contributed by atoms with Crippen LogP contribution in [0.3, 0.4) is 0 Å². The Labute approximate surface area is 92.6 Å². The minimum Gasteiger partial charge on any atom is -0.387 e. The van der Waals surface area contributed by atoms with E-state index in [2.05, 4.69) is 0 Å². The maximum absolute atomic E-state index is 13.1. The van der Waals surface area contributed by atoms with Crippen LogP contribution in [0.4, 0.5) is 4.39 Å². The van der Waals surface area contributed by atoms with Crippen LogP contribution in [0, 0.1) is 5.82 Å². The van der Waals surface area contributed by atoms with Crippen LogP contribution in [0.2, 0.25) is 5.02 Å². The molecule has 1 N–H and O–H groups in total.